The van der Waals surface area contributed by atoms with Crippen LogP contribution in [0, 0.1) is 6.57 Å². The predicted octanol–water partition coefficient (Wildman–Crippen LogP) is 1.24. The minimum Gasteiger partial charge on any atom is -0.390 e. The summed E-state index contributed by atoms with van der Waals surface area (Å²) in [6.07, 6.45) is 3.08. The first kappa shape index (κ1) is 13.0. The van der Waals surface area contributed by atoms with Crippen molar-refractivity contribution < 1.29 is 13.5 Å². The average Bonchev–Trinajstić information content (AvgIpc) is 2.68. The molecule has 1 aromatic heterocycles. The molecule has 0 spiro atoms. The molecular formula is C12H14N2O3S. The maximum absolute atomic E-state index is 11.8. The molecule has 18 heavy (non-hydrogen) atoms. The number of pyridine rings is 1. The Morgan fingerprint density at radius 2 is 2.33 bits per heavy atom. The summed E-state index contributed by atoms with van der Waals surface area (Å²) in [7, 11) is -3.02. The smallest absolute Gasteiger partial charge is 0.205 e. The molecule has 96 valence electrons. The zero-order valence-electron chi connectivity index (χ0n) is 9.83. The second-order valence-corrected chi connectivity index (χ2v) is 6.81. The van der Waals surface area contributed by atoms with E-state index in [9.17, 15) is 13.5 Å². The largest absolute Gasteiger partial charge is 0.390 e. The van der Waals surface area contributed by atoms with Crippen LogP contribution in [0.15, 0.2) is 12.3 Å². The molecule has 1 aromatic rings. The zero-order valence-corrected chi connectivity index (χ0v) is 10.7. The second-order valence-electron chi connectivity index (χ2n) is 4.40. The van der Waals surface area contributed by atoms with E-state index in [0.717, 1.165) is 0 Å². The first-order valence-electron chi connectivity index (χ1n) is 5.74. The first-order chi connectivity index (χ1) is 8.56. The van der Waals surface area contributed by atoms with Gasteiger partial charge in [0.2, 0.25) is 5.69 Å². The molecule has 1 atom stereocenters. The van der Waals surface area contributed by atoms with Gasteiger partial charge in [-0.3, -0.25) is 4.98 Å². The van der Waals surface area contributed by atoms with Gasteiger partial charge in [-0.1, -0.05) is 0 Å². The molecule has 1 N–H and O–H groups in total. The lowest BCUT2D eigenvalue weighted by Gasteiger charge is -2.12. The van der Waals surface area contributed by atoms with Crippen molar-refractivity contribution in [3.05, 3.63) is 34.9 Å². The van der Waals surface area contributed by atoms with Crippen LogP contribution in [0.25, 0.3) is 4.85 Å². The third-order valence-electron chi connectivity index (χ3n) is 3.23. The molecule has 1 aliphatic rings. The maximum atomic E-state index is 11.8. The van der Waals surface area contributed by atoms with Crippen LogP contribution in [-0.2, 0) is 22.9 Å². The molecule has 5 nitrogen and oxygen atoms in total. The van der Waals surface area contributed by atoms with Crippen LogP contribution in [-0.4, -0.2) is 29.5 Å². The van der Waals surface area contributed by atoms with Crippen molar-refractivity contribution in [1.29, 1.82) is 0 Å². The van der Waals surface area contributed by atoms with E-state index in [4.69, 9.17) is 6.57 Å². The van der Waals surface area contributed by atoms with Crippen molar-refractivity contribution in [3.63, 3.8) is 0 Å². The Morgan fingerprint density at radius 3 is 2.89 bits per heavy atom. The van der Waals surface area contributed by atoms with E-state index in [0.29, 0.717) is 36.2 Å². The number of aromatic nitrogens is 1. The molecule has 2 rings (SSSR count). The minimum atomic E-state index is -3.02. The standard InChI is InChI=1S/C12H14N2O3S/c1-13-10-5-9(12(8-15)14-7-10)6-11-3-2-4-18(11,16)17/h5,7,11,15H,2-4,6,8H2. The van der Waals surface area contributed by atoms with E-state index in [1.165, 1.54) is 6.20 Å². The van der Waals surface area contributed by atoms with Gasteiger partial charge in [-0.25, -0.2) is 13.3 Å². The third-order valence-corrected chi connectivity index (χ3v) is 5.51. The lowest BCUT2D eigenvalue weighted by atomic mass is 10.1. The van der Waals surface area contributed by atoms with Gasteiger partial charge in [-0.15, -0.1) is 0 Å². The third kappa shape index (κ3) is 2.52. The van der Waals surface area contributed by atoms with Crippen molar-refractivity contribution in [2.45, 2.75) is 31.1 Å². The van der Waals surface area contributed by atoms with Gasteiger partial charge in [-0.05, 0) is 30.9 Å². The van der Waals surface area contributed by atoms with Gasteiger partial charge < -0.3 is 5.11 Å². The van der Waals surface area contributed by atoms with Gasteiger partial charge in [0.25, 0.3) is 0 Å². The number of rotatable bonds is 3. The number of nitrogens with zero attached hydrogens (tertiary/aromatic N) is 2. The zero-order chi connectivity index (χ0) is 13.2. The Kier molecular flexibility index (Phi) is 3.64. The molecule has 1 saturated heterocycles. The van der Waals surface area contributed by atoms with Crippen LogP contribution in [0.3, 0.4) is 0 Å². The fraction of sp³-hybridized carbons (Fsp3) is 0.500. The Hall–Kier alpha value is -1.45. The maximum Gasteiger partial charge on any atom is 0.205 e. The van der Waals surface area contributed by atoms with Crippen molar-refractivity contribution in [1.82, 2.24) is 4.98 Å². The van der Waals surface area contributed by atoms with Crippen LogP contribution in [0.1, 0.15) is 24.1 Å². The number of aliphatic hydroxyl groups excluding tert-OH is 1. The Bertz CT molecular complexity index is 590. The van der Waals surface area contributed by atoms with Gasteiger partial charge in [0, 0.05) is 6.20 Å². The highest BCUT2D eigenvalue weighted by molar-refractivity contribution is 7.92. The van der Waals surface area contributed by atoms with Gasteiger partial charge in [0.05, 0.1) is 29.9 Å². The SMILES string of the molecule is [C-]#[N+]c1cnc(CO)c(CC2CCCS2(=O)=O)c1. The van der Waals surface area contributed by atoms with Crippen LogP contribution in [0.4, 0.5) is 5.69 Å². The highest BCUT2D eigenvalue weighted by Gasteiger charge is 2.31. The summed E-state index contributed by atoms with van der Waals surface area (Å²) in [6.45, 7) is 6.70. The molecular weight excluding hydrogens is 252 g/mol. The molecule has 0 radical (unpaired) electrons. The monoisotopic (exact) mass is 266 g/mol. The summed E-state index contributed by atoms with van der Waals surface area (Å²) in [5.74, 6) is 0.238. The summed E-state index contributed by atoms with van der Waals surface area (Å²) in [5, 5.41) is 8.80. The molecule has 1 fully saturated rings. The number of hydrogen-bond donors (Lipinski definition) is 1. The average molecular weight is 266 g/mol. The van der Waals surface area contributed by atoms with Gasteiger partial charge in [0.1, 0.15) is 0 Å². The Labute approximate surface area is 106 Å². The number of sulfone groups is 1. The summed E-state index contributed by atoms with van der Waals surface area (Å²) in [4.78, 5) is 7.27. The topological polar surface area (TPSA) is 71.6 Å². The van der Waals surface area contributed by atoms with Crippen LogP contribution in [0.5, 0.6) is 0 Å². The molecule has 0 aromatic carbocycles. The molecule has 0 saturated carbocycles. The van der Waals surface area contributed by atoms with Crippen molar-refractivity contribution in [2.24, 2.45) is 0 Å². The molecule has 6 heteroatoms. The highest BCUT2D eigenvalue weighted by Crippen LogP contribution is 2.26. The quantitative estimate of drug-likeness (QED) is 0.836. The van der Waals surface area contributed by atoms with Crippen LogP contribution < -0.4 is 0 Å². The number of aliphatic hydroxyl groups is 1. The first-order valence-corrected chi connectivity index (χ1v) is 7.46. The fourth-order valence-electron chi connectivity index (χ4n) is 2.24. The summed E-state index contributed by atoms with van der Waals surface area (Å²) >= 11 is 0. The van der Waals surface area contributed by atoms with Crippen molar-refractivity contribution in [2.75, 3.05) is 5.75 Å². The highest BCUT2D eigenvalue weighted by atomic mass is 32.2. The lowest BCUT2D eigenvalue weighted by Crippen LogP contribution is -2.19. The van der Waals surface area contributed by atoms with Crippen LogP contribution >= 0.6 is 0 Å². The van der Waals surface area contributed by atoms with E-state index in [1.54, 1.807) is 6.07 Å². The van der Waals surface area contributed by atoms with E-state index in [1.807, 2.05) is 0 Å². The van der Waals surface area contributed by atoms with E-state index >= 15 is 0 Å². The summed E-state index contributed by atoms with van der Waals surface area (Å²) < 4.78 is 23.6. The lowest BCUT2D eigenvalue weighted by molar-refractivity contribution is 0.275. The fourth-order valence-corrected chi connectivity index (χ4v) is 4.10. The predicted molar refractivity (Wildman–Crippen MR) is 66.9 cm³/mol. The van der Waals surface area contributed by atoms with E-state index in [-0.39, 0.29) is 12.4 Å². The normalized spacial score (nSPS) is 21.7. The van der Waals surface area contributed by atoms with Gasteiger partial charge in [0.15, 0.2) is 9.84 Å². The molecule has 1 aliphatic heterocycles. The Morgan fingerprint density at radius 1 is 1.56 bits per heavy atom. The summed E-state index contributed by atoms with van der Waals surface area (Å²) in [6, 6.07) is 1.62. The Balaban J connectivity index is 2.31. The second kappa shape index (κ2) is 5.04. The molecule has 0 amide bonds. The van der Waals surface area contributed by atoms with Gasteiger partial charge >= 0.3 is 0 Å². The van der Waals surface area contributed by atoms with Crippen LogP contribution in [0.2, 0.25) is 0 Å². The van der Waals surface area contributed by atoms with E-state index in [2.05, 4.69) is 9.83 Å². The van der Waals surface area contributed by atoms with Crippen molar-refractivity contribution in [3.8, 4) is 0 Å². The summed E-state index contributed by atoms with van der Waals surface area (Å²) in [5.41, 5.74) is 1.50. The molecule has 1 unspecified atom stereocenters. The number of hydrogen-bond acceptors (Lipinski definition) is 4. The minimum absolute atomic E-state index is 0.236. The molecule has 2 heterocycles. The molecule has 0 bridgehead atoms. The van der Waals surface area contributed by atoms with Crippen molar-refractivity contribution >= 4 is 15.5 Å². The molecule has 0 aliphatic carbocycles. The van der Waals surface area contributed by atoms with Gasteiger partial charge in [-0.2, -0.15) is 0 Å². The van der Waals surface area contributed by atoms with E-state index < -0.39 is 15.1 Å².